The molecule has 0 aromatic heterocycles. The number of methoxy groups -OCH3 is 2. The zero-order valence-corrected chi connectivity index (χ0v) is 28.2. The molecule has 2 saturated heterocycles. The van der Waals surface area contributed by atoms with Gasteiger partial charge in [0.1, 0.15) is 22.2 Å². The second-order valence-electron chi connectivity index (χ2n) is 10.6. The van der Waals surface area contributed by atoms with Gasteiger partial charge < -0.3 is 19.3 Å². The molecule has 0 bridgehead atoms. The molecule has 6 rings (SSSR count). The second kappa shape index (κ2) is 14.3. The first-order valence-electron chi connectivity index (χ1n) is 14.5. The molecule has 2 fully saturated rings. The number of ether oxygens (including phenoxy) is 2. The molecule has 4 aromatic rings. The molecule has 0 saturated carbocycles. The van der Waals surface area contributed by atoms with Crippen LogP contribution in [0, 0.1) is 0 Å². The van der Waals surface area contributed by atoms with Crippen LogP contribution in [-0.2, 0) is 9.59 Å². The minimum atomic E-state index is -0.272. The third-order valence-electron chi connectivity index (χ3n) is 7.71. The third-order valence-corrected chi connectivity index (χ3v) is 10.8. The van der Waals surface area contributed by atoms with Gasteiger partial charge in [0.2, 0.25) is 0 Å². The molecule has 0 N–H and O–H groups in total. The predicted octanol–water partition coefficient (Wildman–Crippen LogP) is 8.94. The van der Waals surface area contributed by atoms with Crippen molar-refractivity contribution in [3.05, 3.63) is 139 Å². The van der Waals surface area contributed by atoms with Gasteiger partial charge in [-0.2, -0.15) is 0 Å². The van der Waals surface area contributed by atoms with Crippen molar-refractivity contribution in [3.63, 3.8) is 0 Å². The number of rotatable bonds is 9. The maximum atomic E-state index is 14.0. The highest BCUT2D eigenvalue weighted by atomic mass is 35.5. The molecule has 2 heterocycles. The summed E-state index contributed by atoms with van der Waals surface area (Å²) in [5.74, 6) is 1.31. The van der Waals surface area contributed by atoms with E-state index in [2.05, 4.69) is 0 Å². The number of benzene rings is 4. The number of halogens is 2. The highest BCUT2D eigenvalue weighted by Crippen LogP contribution is 2.49. The Labute approximate surface area is 287 Å². The van der Waals surface area contributed by atoms with E-state index in [1.807, 2.05) is 119 Å². The molecule has 6 nitrogen and oxygen atoms in total. The maximum Gasteiger partial charge on any atom is 0.261 e. The standard InChI is InChI=1S/C36H30Cl2N2O4S2/c1-43-29-15-7-25(8-16-29)35-39(33(41)31(45-35)21-23-3-11-27(37)12-4-23)19-20-40-34(42)32(22-24-5-13-28(38)14-6-24)46-36(40)26-9-17-30(44-2)18-10-26/h3-18,21-22,35-36H,19-20H2,1-2H3/b31-21-,32-22-. The van der Waals surface area contributed by atoms with E-state index in [0.717, 1.165) is 33.8 Å². The number of hydrogen-bond donors (Lipinski definition) is 0. The number of amides is 2. The first kappa shape index (κ1) is 32.1. The highest BCUT2D eigenvalue weighted by molar-refractivity contribution is 8.05. The van der Waals surface area contributed by atoms with Crippen molar-refractivity contribution in [2.75, 3.05) is 27.3 Å². The van der Waals surface area contributed by atoms with Gasteiger partial charge in [0.05, 0.1) is 24.0 Å². The molecular formula is C36H30Cl2N2O4S2. The summed E-state index contributed by atoms with van der Waals surface area (Å²) in [5, 5.41) is 0.723. The third kappa shape index (κ3) is 7.10. The van der Waals surface area contributed by atoms with E-state index in [1.165, 1.54) is 23.5 Å². The minimum absolute atomic E-state index is 0.0852. The van der Waals surface area contributed by atoms with E-state index in [-0.39, 0.29) is 22.6 Å². The highest BCUT2D eigenvalue weighted by Gasteiger charge is 2.41. The Hall–Kier alpha value is -3.82. The SMILES string of the molecule is COc1ccc(C2S/C(=C\c3ccc(Cl)cc3)C(=O)N2CCN2C(=O)/C(=C/c3ccc(Cl)cc3)SC2c2ccc(OC)cc2)cc1. The van der Waals surface area contributed by atoms with Crippen LogP contribution in [0.5, 0.6) is 11.5 Å². The van der Waals surface area contributed by atoms with Crippen LogP contribution in [0.2, 0.25) is 10.0 Å². The zero-order valence-electron chi connectivity index (χ0n) is 25.1. The Bertz CT molecular complexity index is 1640. The van der Waals surface area contributed by atoms with Crippen molar-refractivity contribution in [1.29, 1.82) is 0 Å². The molecule has 10 heteroatoms. The summed E-state index contributed by atoms with van der Waals surface area (Å²) in [7, 11) is 3.25. The smallest absolute Gasteiger partial charge is 0.261 e. The van der Waals surface area contributed by atoms with Gasteiger partial charge in [-0.3, -0.25) is 9.59 Å². The molecule has 46 heavy (non-hydrogen) atoms. The van der Waals surface area contributed by atoms with Gasteiger partial charge >= 0.3 is 0 Å². The van der Waals surface area contributed by atoms with Crippen LogP contribution < -0.4 is 9.47 Å². The van der Waals surface area contributed by atoms with Gasteiger partial charge in [-0.25, -0.2) is 0 Å². The van der Waals surface area contributed by atoms with Crippen LogP contribution in [0.4, 0.5) is 0 Å². The number of carbonyl (C=O) groups is 2. The van der Waals surface area contributed by atoms with Gasteiger partial charge in [0, 0.05) is 23.1 Å². The Morgan fingerprint density at radius 1 is 0.587 bits per heavy atom. The fourth-order valence-corrected chi connectivity index (χ4v) is 8.08. The van der Waals surface area contributed by atoms with Crippen molar-refractivity contribution < 1.29 is 19.1 Å². The van der Waals surface area contributed by atoms with Crippen molar-refractivity contribution >= 4 is 70.7 Å². The van der Waals surface area contributed by atoms with Gasteiger partial charge in [0.15, 0.2) is 0 Å². The normalized spacial score (nSPS) is 19.8. The van der Waals surface area contributed by atoms with E-state index in [1.54, 1.807) is 14.2 Å². The van der Waals surface area contributed by atoms with E-state index in [0.29, 0.717) is 32.9 Å². The van der Waals surface area contributed by atoms with Gasteiger partial charge in [0.25, 0.3) is 11.8 Å². The van der Waals surface area contributed by atoms with Crippen LogP contribution in [0.3, 0.4) is 0 Å². The summed E-state index contributed by atoms with van der Waals surface area (Å²) >= 11 is 15.2. The van der Waals surface area contributed by atoms with Crippen molar-refractivity contribution in [2.24, 2.45) is 0 Å². The Morgan fingerprint density at radius 2 is 0.935 bits per heavy atom. The topological polar surface area (TPSA) is 59.1 Å². The molecule has 234 valence electrons. The van der Waals surface area contributed by atoms with Crippen LogP contribution in [0.25, 0.3) is 12.2 Å². The first-order chi connectivity index (χ1) is 22.3. The molecule has 2 unspecified atom stereocenters. The molecule has 0 spiro atoms. The summed E-state index contributed by atoms with van der Waals surface area (Å²) in [6.07, 6.45) is 3.79. The monoisotopic (exact) mass is 688 g/mol. The van der Waals surface area contributed by atoms with Gasteiger partial charge in [-0.1, -0.05) is 95.3 Å². The second-order valence-corrected chi connectivity index (χ2v) is 13.7. The fraction of sp³-hybridized carbons (Fsp3) is 0.167. The summed E-state index contributed by atoms with van der Waals surface area (Å²) in [6.45, 7) is 0.682. The Kier molecular flexibility index (Phi) is 9.99. The average molecular weight is 690 g/mol. The van der Waals surface area contributed by atoms with E-state index >= 15 is 0 Å². The molecule has 0 radical (unpaired) electrons. The van der Waals surface area contributed by atoms with Crippen LogP contribution in [0.15, 0.2) is 107 Å². The summed E-state index contributed by atoms with van der Waals surface area (Å²) in [5.41, 5.74) is 3.71. The van der Waals surface area contributed by atoms with Gasteiger partial charge in [-0.15, -0.1) is 0 Å². The zero-order chi connectivity index (χ0) is 32.2. The Morgan fingerprint density at radius 3 is 1.26 bits per heavy atom. The fourth-order valence-electron chi connectivity index (χ4n) is 5.26. The molecule has 2 atom stereocenters. The molecule has 2 amide bonds. The first-order valence-corrected chi connectivity index (χ1v) is 17.0. The number of hydrogen-bond acceptors (Lipinski definition) is 6. The lowest BCUT2D eigenvalue weighted by Crippen LogP contribution is -2.38. The minimum Gasteiger partial charge on any atom is -0.497 e. The quantitative estimate of drug-likeness (QED) is 0.164. The molecule has 2 aliphatic rings. The van der Waals surface area contributed by atoms with Crippen LogP contribution in [0.1, 0.15) is 33.0 Å². The Balaban J connectivity index is 1.30. The van der Waals surface area contributed by atoms with Crippen molar-refractivity contribution in [3.8, 4) is 11.5 Å². The lowest BCUT2D eigenvalue weighted by atomic mass is 10.1. The van der Waals surface area contributed by atoms with Crippen molar-refractivity contribution in [1.82, 2.24) is 9.80 Å². The lowest BCUT2D eigenvalue weighted by molar-refractivity contribution is -0.130. The number of nitrogens with zero attached hydrogens (tertiary/aromatic N) is 2. The van der Waals surface area contributed by atoms with Crippen LogP contribution >= 0.6 is 46.7 Å². The molecular weight excluding hydrogens is 659 g/mol. The average Bonchev–Trinajstić information content (AvgIpc) is 3.56. The van der Waals surface area contributed by atoms with E-state index in [9.17, 15) is 9.59 Å². The van der Waals surface area contributed by atoms with Crippen LogP contribution in [-0.4, -0.2) is 48.9 Å². The predicted molar refractivity (Wildman–Crippen MR) is 189 cm³/mol. The summed E-state index contributed by atoms with van der Waals surface area (Å²) in [6, 6.07) is 30.3. The summed E-state index contributed by atoms with van der Waals surface area (Å²) < 4.78 is 10.7. The maximum absolute atomic E-state index is 14.0. The molecule has 2 aliphatic heterocycles. The lowest BCUT2D eigenvalue weighted by Gasteiger charge is -2.29. The van der Waals surface area contributed by atoms with Gasteiger partial charge in [-0.05, 0) is 82.9 Å². The number of thioether (sulfide) groups is 2. The molecule has 4 aromatic carbocycles. The number of carbonyl (C=O) groups excluding carboxylic acids is 2. The van der Waals surface area contributed by atoms with E-state index < -0.39 is 0 Å². The molecule has 0 aliphatic carbocycles. The van der Waals surface area contributed by atoms with E-state index in [4.69, 9.17) is 32.7 Å². The van der Waals surface area contributed by atoms with Crippen molar-refractivity contribution in [2.45, 2.75) is 10.7 Å². The largest absolute Gasteiger partial charge is 0.497 e. The summed E-state index contributed by atoms with van der Waals surface area (Å²) in [4.78, 5) is 32.9.